The van der Waals surface area contributed by atoms with E-state index in [1.54, 1.807) is 7.11 Å². The van der Waals surface area contributed by atoms with E-state index in [0.717, 1.165) is 29.1 Å². The lowest BCUT2D eigenvalue weighted by molar-refractivity contribution is 0.113. The minimum absolute atomic E-state index is 0.578. The van der Waals surface area contributed by atoms with Gasteiger partial charge in [-0.1, -0.05) is 0 Å². The van der Waals surface area contributed by atoms with Crippen LogP contribution in [0.25, 0.3) is 0 Å². The summed E-state index contributed by atoms with van der Waals surface area (Å²) in [6, 6.07) is 4.17. The van der Waals surface area contributed by atoms with E-state index in [4.69, 9.17) is 9.47 Å². The zero-order valence-electron chi connectivity index (χ0n) is 10.8. The van der Waals surface area contributed by atoms with Gasteiger partial charge in [0.1, 0.15) is 11.5 Å². The highest BCUT2D eigenvalue weighted by Crippen LogP contribution is 2.44. The molecule has 1 aromatic rings. The number of halogens is 1. The molecule has 3 rings (SSSR count). The van der Waals surface area contributed by atoms with Crippen molar-refractivity contribution in [1.29, 1.82) is 0 Å². The van der Waals surface area contributed by atoms with Crippen LogP contribution in [0.4, 0.5) is 0 Å². The van der Waals surface area contributed by atoms with Gasteiger partial charge in [0.25, 0.3) is 0 Å². The molecule has 2 aliphatic rings. The molecule has 98 valence electrons. The van der Waals surface area contributed by atoms with Crippen LogP contribution in [0.3, 0.4) is 0 Å². The Morgan fingerprint density at radius 3 is 3.06 bits per heavy atom. The predicted octanol–water partition coefficient (Wildman–Crippen LogP) is 2.89. The largest absolute Gasteiger partial charge is 0.496 e. The first kappa shape index (κ1) is 12.3. The number of rotatable bonds is 1. The number of nitrogens with zero attached hydrogens (tertiary/aromatic N) is 1. The number of fused-ring (bicyclic) bond motifs is 3. The lowest BCUT2D eigenvalue weighted by atomic mass is 9.79. The highest BCUT2D eigenvalue weighted by Gasteiger charge is 2.35. The average molecular weight is 312 g/mol. The minimum Gasteiger partial charge on any atom is -0.496 e. The van der Waals surface area contributed by atoms with Crippen molar-refractivity contribution in [2.45, 2.75) is 12.3 Å². The summed E-state index contributed by atoms with van der Waals surface area (Å²) in [5, 5.41) is 0. The van der Waals surface area contributed by atoms with E-state index in [0.29, 0.717) is 11.8 Å². The average Bonchev–Trinajstić information content (AvgIpc) is 2.37. The van der Waals surface area contributed by atoms with Crippen molar-refractivity contribution < 1.29 is 9.47 Å². The Kier molecular flexibility index (Phi) is 3.24. The Bertz CT molecular complexity index is 463. The maximum absolute atomic E-state index is 5.90. The quantitative estimate of drug-likeness (QED) is 0.796. The molecule has 4 heteroatoms. The van der Waals surface area contributed by atoms with Gasteiger partial charge in [-0.2, -0.15) is 0 Å². The van der Waals surface area contributed by atoms with Gasteiger partial charge >= 0.3 is 0 Å². The molecule has 18 heavy (non-hydrogen) atoms. The van der Waals surface area contributed by atoms with Crippen molar-refractivity contribution in [3.63, 3.8) is 0 Å². The fourth-order valence-corrected chi connectivity index (χ4v) is 3.52. The highest BCUT2D eigenvalue weighted by molar-refractivity contribution is 9.10. The Hall–Kier alpha value is -0.740. The number of hydrogen-bond acceptors (Lipinski definition) is 3. The summed E-state index contributed by atoms with van der Waals surface area (Å²) >= 11 is 3.52. The zero-order valence-corrected chi connectivity index (χ0v) is 12.4. The van der Waals surface area contributed by atoms with Crippen LogP contribution >= 0.6 is 15.9 Å². The van der Waals surface area contributed by atoms with Crippen LogP contribution in [0.2, 0.25) is 0 Å². The molecule has 0 saturated carbocycles. The van der Waals surface area contributed by atoms with E-state index in [1.165, 1.54) is 18.5 Å². The van der Waals surface area contributed by atoms with Crippen LogP contribution in [-0.2, 0) is 0 Å². The van der Waals surface area contributed by atoms with Crippen LogP contribution in [0.1, 0.15) is 17.9 Å². The second-order valence-corrected chi connectivity index (χ2v) is 6.11. The summed E-state index contributed by atoms with van der Waals surface area (Å²) in [4.78, 5) is 2.41. The SMILES string of the molecule is COc1cc2c(cc1Br)OC[C@@H]1CCN(C)C[C@H]21. The lowest BCUT2D eigenvalue weighted by Gasteiger charge is -2.40. The molecule has 0 aliphatic carbocycles. The van der Waals surface area contributed by atoms with E-state index in [9.17, 15) is 0 Å². The summed E-state index contributed by atoms with van der Waals surface area (Å²) < 4.78 is 12.3. The third kappa shape index (κ3) is 2.01. The van der Waals surface area contributed by atoms with Crippen molar-refractivity contribution in [3.05, 3.63) is 22.2 Å². The molecule has 2 heterocycles. The molecule has 0 spiro atoms. The van der Waals surface area contributed by atoms with Gasteiger partial charge < -0.3 is 14.4 Å². The van der Waals surface area contributed by atoms with Gasteiger partial charge in [-0.3, -0.25) is 0 Å². The van der Waals surface area contributed by atoms with Gasteiger partial charge in [0.05, 0.1) is 18.2 Å². The van der Waals surface area contributed by atoms with Crippen molar-refractivity contribution in [3.8, 4) is 11.5 Å². The number of benzene rings is 1. The smallest absolute Gasteiger partial charge is 0.133 e. The van der Waals surface area contributed by atoms with Gasteiger partial charge in [0.15, 0.2) is 0 Å². The first-order valence-electron chi connectivity index (χ1n) is 6.38. The van der Waals surface area contributed by atoms with Crippen LogP contribution in [-0.4, -0.2) is 38.8 Å². The number of likely N-dealkylation sites (N-methyl/N-ethyl adjacent to an activating group) is 1. The molecule has 3 nitrogen and oxygen atoms in total. The van der Waals surface area contributed by atoms with Crippen LogP contribution in [0.15, 0.2) is 16.6 Å². The molecular weight excluding hydrogens is 294 g/mol. The molecule has 0 unspecified atom stereocenters. The molecule has 1 saturated heterocycles. The van der Waals surface area contributed by atoms with Crippen LogP contribution in [0, 0.1) is 5.92 Å². The second-order valence-electron chi connectivity index (χ2n) is 5.25. The van der Waals surface area contributed by atoms with Crippen LogP contribution < -0.4 is 9.47 Å². The third-order valence-electron chi connectivity index (χ3n) is 4.10. The summed E-state index contributed by atoms with van der Waals surface area (Å²) in [6.07, 6.45) is 1.22. The molecule has 0 radical (unpaired) electrons. The first-order valence-corrected chi connectivity index (χ1v) is 7.17. The summed E-state index contributed by atoms with van der Waals surface area (Å²) in [7, 11) is 3.90. The Morgan fingerprint density at radius 1 is 1.44 bits per heavy atom. The number of methoxy groups -OCH3 is 1. The predicted molar refractivity (Wildman–Crippen MR) is 74.5 cm³/mol. The van der Waals surface area contributed by atoms with Crippen molar-refractivity contribution in [1.82, 2.24) is 4.90 Å². The highest BCUT2D eigenvalue weighted by atomic mass is 79.9. The van der Waals surface area contributed by atoms with Crippen molar-refractivity contribution in [2.75, 3.05) is 33.9 Å². The maximum Gasteiger partial charge on any atom is 0.133 e. The lowest BCUT2D eigenvalue weighted by Crippen LogP contribution is -2.41. The first-order chi connectivity index (χ1) is 8.69. The Balaban J connectivity index is 2.01. The number of hydrogen-bond donors (Lipinski definition) is 0. The normalized spacial score (nSPS) is 27.1. The number of likely N-dealkylation sites (tertiary alicyclic amines) is 1. The number of ether oxygens (including phenoxy) is 2. The van der Waals surface area contributed by atoms with E-state index >= 15 is 0 Å². The van der Waals surface area contributed by atoms with Crippen LogP contribution in [0.5, 0.6) is 11.5 Å². The van der Waals surface area contributed by atoms with Crippen molar-refractivity contribution >= 4 is 15.9 Å². The standard InChI is InChI=1S/C14H18BrNO2/c1-16-4-3-9-8-18-13-6-12(15)14(17-2)5-10(13)11(9)7-16/h5-6,9,11H,3-4,7-8H2,1-2H3/t9-,11-/m0/s1. The molecule has 1 fully saturated rings. The van der Waals surface area contributed by atoms with E-state index < -0.39 is 0 Å². The summed E-state index contributed by atoms with van der Waals surface area (Å²) in [5.74, 6) is 3.14. The maximum atomic E-state index is 5.90. The van der Waals surface area contributed by atoms with E-state index in [-0.39, 0.29) is 0 Å². The summed E-state index contributed by atoms with van der Waals surface area (Å²) in [6.45, 7) is 3.14. The molecular formula is C14H18BrNO2. The topological polar surface area (TPSA) is 21.7 Å². The van der Waals surface area contributed by atoms with Gasteiger partial charge in [-0.25, -0.2) is 0 Å². The second kappa shape index (κ2) is 4.74. The van der Waals surface area contributed by atoms with E-state index in [1.807, 2.05) is 6.07 Å². The Labute approximate surface area is 116 Å². The van der Waals surface area contributed by atoms with Crippen molar-refractivity contribution in [2.24, 2.45) is 5.92 Å². The van der Waals surface area contributed by atoms with Gasteiger partial charge in [0.2, 0.25) is 0 Å². The summed E-state index contributed by atoms with van der Waals surface area (Å²) in [5.41, 5.74) is 1.30. The molecule has 0 amide bonds. The van der Waals surface area contributed by atoms with Gasteiger partial charge in [0, 0.05) is 23.9 Å². The zero-order chi connectivity index (χ0) is 12.7. The molecule has 1 aromatic carbocycles. The molecule has 2 atom stereocenters. The molecule has 0 bridgehead atoms. The Morgan fingerprint density at radius 2 is 2.28 bits per heavy atom. The molecule has 0 N–H and O–H groups in total. The molecule has 0 aromatic heterocycles. The van der Waals surface area contributed by atoms with Gasteiger partial charge in [-0.15, -0.1) is 0 Å². The third-order valence-corrected chi connectivity index (χ3v) is 4.72. The fourth-order valence-electron chi connectivity index (χ4n) is 3.03. The van der Waals surface area contributed by atoms with E-state index in [2.05, 4.69) is 33.9 Å². The molecule has 2 aliphatic heterocycles. The monoisotopic (exact) mass is 311 g/mol. The number of piperidine rings is 1. The fraction of sp³-hybridized carbons (Fsp3) is 0.571. The van der Waals surface area contributed by atoms with Gasteiger partial charge in [-0.05, 0) is 48.1 Å². The minimum atomic E-state index is 0.578.